The lowest BCUT2D eigenvalue weighted by Crippen LogP contribution is -2.49. The molecule has 1 aromatic rings. The van der Waals surface area contributed by atoms with Gasteiger partial charge in [-0.3, -0.25) is 4.79 Å². The van der Waals surface area contributed by atoms with Crippen molar-refractivity contribution in [2.75, 3.05) is 12.3 Å². The standard InChI is InChI=1S/C24H39NO2S/c1-9-20-16(2)28-13-12-25(20)21(26)11-10-17-14-18(23(3,4)5)22(27)19(15-17)24(6,7)8/h14-16,20,27H,9-13H2,1-8H3. The number of aromatic hydroxyl groups is 1. The average Bonchev–Trinajstić information content (AvgIpc) is 2.58. The lowest BCUT2D eigenvalue weighted by atomic mass is 9.78. The third kappa shape index (κ3) is 5.25. The fraction of sp³-hybridized carbons (Fsp3) is 0.708. The topological polar surface area (TPSA) is 40.5 Å². The largest absolute Gasteiger partial charge is 0.507 e. The molecule has 2 rings (SSSR count). The number of nitrogens with zero attached hydrogens (tertiary/aromatic N) is 1. The first-order chi connectivity index (χ1) is 12.9. The minimum atomic E-state index is -0.142. The van der Waals surface area contributed by atoms with E-state index in [-0.39, 0.29) is 16.7 Å². The van der Waals surface area contributed by atoms with Crippen LogP contribution in [0.1, 0.15) is 84.9 Å². The number of phenols is 1. The number of benzene rings is 1. The molecule has 1 saturated heterocycles. The van der Waals surface area contributed by atoms with Crippen LogP contribution in [0.3, 0.4) is 0 Å². The van der Waals surface area contributed by atoms with Gasteiger partial charge in [-0.05, 0) is 40.4 Å². The van der Waals surface area contributed by atoms with Gasteiger partial charge >= 0.3 is 0 Å². The van der Waals surface area contributed by atoms with Crippen molar-refractivity contribution >= 4 is 17.7 Å². The molecule has 1 aliphatic rings. The molecule has 1 aliphatic heterocycles. The summed E-state index contributed by atoms with van der Waals surface area (Å²) in [5, 5.41) is 11.4. The molecule has 0 bridgehead atoms. The molecule has 2 atom stereocenters. The highest BCUT2D eigenvalue weighted by molar-refractivity contribution is 8.00. The van der Waals surface area contributed by atoms with Crippen LogP contribution in [0.2, 0.25) is 0 Å². The summed E-state index contributed by atoms with van der Waals surface area (Å²) in [6, 6.07) is 4.55. The number of phenolic OH excluding ortho intramolecular Hbond substituents is 1. The third-order valence-corrected chi connectivity index (χ3v) is 7.07. The van der Waals surface area contributed by atoms with E-state index in [1.807, 2.05) is 11.8 Å². The predicted molar refractivity (Wildman–Crippen MR) is 122 cm³/mol. The average molecular weight is 406 g/mol. The van der Waals surface area contributed by atoms with E-state index < -0.39 is 0 Å². The second-order valence-corrected chi connectivity index (χ2v) is 11.7. The summed E-state index contributed by atoms with van der Waals surface area (Å²) in [4.78, 5) is 15.1. The van der Waals surface area contributed by atoms with Gasteiger partial charge in [0.2, 0.25) is 5.91 Å². The van der Waals surface area contributed by atoms with E-state index in [1.165, 1.54) is 0 Å². The van der Waals surface area contributed by atoms with Gasteiger partial charge in [0.05, 0.1) is 0 Å². The Balaban J connectivity index is 2.25. The first kappa shape index (κ1) is 23.1. The summed E-state index contributed by atoms with van der Waals surface area (Å²) in [5.41, 5.74) is 2.80. The molecule has 4 heteroatoms. The van der Waals surface area contributed by atoms with E-state index >= 15 is 0 Å². The molecule has 1 amide bonds. The number of carbonyl (C=O) groups excluding carboxylic acids is 1. The smallest absolute Gasteiger partial charge is 0.223 e. The number of rotatable bonds is 4. The molecular weight excluding hydrogens is 366 g/mol. The van der Waals surface area contributed by atoms with Crippen LogP contribution in [-0.4, -0.2) is 39.5 Å². The molecule has 0 aliphatic carbocycles. The Labute approximate surface area is 176 Å². The number of amides is 1. The van der Waals surface area contributed by atoms with Gasteiger partial charge in [0, 0.05) is 30.0 Å². The summed E-state index contributed by atoms with van der Waals surface area (Å²) < 4.78 is 0. The van der Waals surface area contributed by atoms with Crippen LogP contribution in [0, 0.1) is 0 Å². The molecule has 1 aromatic carbocycles. The zero-order valence-electron chi connectivity index (χ0n) is 19.1. The van der Waals surface area contributed by atoms with Gasteiger partial charge in [0.1, 0.15) is 5.75 Å². The SMILES string of the molecule is CCC1C(C)SCCN1C(=O)CCc1cc(C(C)(C)C)c(O)c(C(C)(C)C)c1. The molecule has 3 nitrogen and oxygen atoms in total. The van der Waals surface area contributed by atoms with Crippen LogP contribution in [0.25, 0.3) is 0 Å². The Bertz CT molecular complexity index is 665. The summed E-state index contributed by atoms with van der Waals surface area (Å²) in [6.07, 6.45) is 2.27. The van der Waals surface area contributed by atoms with Crippen LogP contribution in [0.15, 0.2) is 12.1 Å². The van der Waals surface area contributed by atoms with Gasteiger partial charge in [-0.15, -0.1) is 0 Å². The van der Waals surface area contributed by atoms with Crippen LogP contribution < -0.4 is 0 Å². The third-order valence-electron chi connectivity index (χ3n) is 5.81. The summed E-state index contributed by atoms with van der Waals surface area (Å²) in [6.45, 7) is 18.0. The highest BCUT2D eigenvalue weighted by Gasteiger charge is 2.31. The molecule has 0 radical (unpaired) electrons. The lowest BCUT2D eigenvalue weighted by molar-refractivity contribution is -0.133. The Morgan fingerprint density at radius 2 is 1.68 bits per heavy atom. The van der Waals surface area contributed by atoms with Crippen molar-refractivity contribution in [3.8, 4) is 5.75 Å². The maximum Gasteiger partial charge on any atom is 0.223 e. The van der Waals surface area contributed by atoms with Crippen molar-refractivity contribution in [2.24, 2.45) is 0 Å². The molecule has 0 spiro atoms. The van der Waals surface area contributed by atoms with Crippen LogP contribution in [0.4, 0.5) is 0 Å². The van der Waals surface area contributed by atoms with Gasteiger partial charge in [-0.2, -0.15) is 11.8 Å². The summed E-state index contributed by atoms with van der Waals surface area (Å²) in [7, 11) is 0. The molecule has 158 valence electrons. The van der Waals surface area contributed by atoms with Crippen molar-refractivity contribution in [2.45, 2.75) is 96.8 Å². The van der Waals surface area contributed by atoms with Crippen LogP contribution in [0.5, 0.6) is 5.75 Å². The molecule has 1 N–H and O–H groups in total. The van der Waals surface area contributed by atoms with E-state index in [4.69, 9.17) is 0 Å². The molecule has 2 unspecified atom stereocenters. The van der Waals surface area contributed by atoms with Gasteiger partial charge in [0.15, 0.2) is 0 Å². The Kier molecular flexibility index (Phi) is 7.17. The fourth-order valence-corrected chi connectivity index (χ4v) is 5.34. The fourth-order valence-electron chi connectivity index (χ4n) is 4.11. The second kappa shape index (κ2) is 8.69. The van der Waals surface area contributed by atoms with Gasteiger partial charge in [0.25, 0.3) is 0 Å². The Morgan fingerprint density at radius 3 is 2.14 bits per heavy atom. The minimum Gasteiger partial charge on any atom is -0.507 e. The maximum atomic E-state index is 13.0. The van der Waals surface area contributed by atoms with E-state index in [0.29, 0.717) is 23.5 Å². The first-order valence-electron chi connectivity index (χ1n) is 10.6. The van der Waals surface area contributed by atoms with Crippen LogP contribution >= 0.6 is 11.8 Å². The zero-order chi connectivity index (χ0) is 21.3. The number of hydrogen-bond acceptors (Lipinski definition) is 3. The van der Waals surface area contributed by atoms with Crippen molar-refractivity contribution < 1.29 is 9.90 Å². The molecule has 0 saturated carbocycles. The van der Waals surface area contributed by atoms with Crippen molar-refractivity contribution in [3.05, 3.63) is 28.8 Å². The molecule has 1 fully saturated rings. The van der Waals surface area contributed by atoms with Gasteiger partial charge in [-0.25, -0.2) is 0 Å². The lowest BCUT2D eigenvalue weighted by Gasteiger charge is -2.39. The number of thioether (sulfide) groups is 1. The van der Waals surface area contributed by atoms with E-state index in [2.05, 4.69) is 72.4 Å². The summed E-state index contributed by atoms with van der Waals surface area (Å²) in [5.74, 6) is 1.70. The monoisotopic (exact) mass is 405 g/mol. The van der Waals surface area contributed by atoms with Crippen molar-refractivity contribution in [1.82, 2.24) is 4.90 Å². The normalized spacial score (nSPS) is 21.1. The Morgan fingerprint density at radius 1 is 1.14 bits per heavy atom. The van der Waals surface area contributed by atoms with Crippen LogP contribution in [-0.2, 0) is 22.0 Å². The maximum absolute atomic E-state index is 13.0. The van der Waals surface area contributed by atoms with Gasteiger partial charge < -0.3 is 10.0 Å². The number of hydrogen-bond donors (Lipinski definition) is 1. The minimum absolute atomic E-state index is 0.142. The quantitative estimate of drug-likeness (QED) is 0.702. The van der Waals surface area contributed by atoms with E-state index in [1.54, 1.807) is 0 Å². The highest BCUT2D eigenvalue weighted by Crippen LogP contribution is 2.40. The zero-order valence-corrected chi connectivity index (χ0v) is 19.9. The highest BCUT2D eigenvalue weighted by atomic mass is 32.2. The Hall–Kier alpha value is -1.16. The number of aryl methyl sites for hydroxylation is 1. The van der Waals surface area contributed by atoms with E-state index in [9.17, 15) is 9.90 Å². The van der Waals surface area contributed by atoms with E-state index in [0.717, 1.165) is 41.8 Å². The molecule has 1 heterocycles. The number of carbonyl (C=O) groups is 1. The molecular formula is C24H39NO2S. The first-order valence-corrected chi connectivity index (χ1v) is 11.7. The van der Waals surface area contributed by atoms with Crippen molar-refractivity contribution in [3.63, 3.8) is 0 Å². The molecule has 28 heavy (non-hydrogen) atoms. The van der Waals surface area contributed by atoms with Gasteiger partial charge in [-0.1, -0.05) is 67.5 Å². The predicted octanol–water partition coefficient (Wildman–Crippen LogP) is 5.66. The second-order valence-electron chi connectivity index (χ2n) is 10.2. The summed E-state index contributed by atoms with van der Waals surface area (Å²) >= 11 is 1.98. The molecule has 0 aromatic heterocycles. The van der Waals surface area contributed by atoms with Crippen molar-refractivity contribution in [1.29, 1.82) is 0 Å².